The molecule has 0 aliphatic rings. The number of aryl methyl sites for hydroxylation is 2. The lowest BCUT2D eigenvalue weighted by molar-refractivity contribution is 0.112. The smallest absolute Gasteiger partial charge is 0.156 e. The van der Waals surface area contributed by atoms with Crippen LogP contribution in [0, 0.1) is 13.8 Å². The lowest BCUT2D eigenvalue weighted by Crippen LogP contribution is -2.05. The van der Waals surface area contributed by atoms with Gasteiger partial charge in [0.15, 0.2) is 6.29 Å². The van der Waals surface area contributed by atoms with Crippen LogP contribution in [0.1, 0.15) is 28.4 Å². The molecule has 1 heterocycles. The molecule has 0 amide bonds. The third-order valence-corrected chi connectivity index (χ3v) is 3.35. The monoisotopic (exact) mass is 269 g/mol. The quantitative estimate of drug-likeness (QED) is 0.685. The number of hydrogen-bond donors (Lipinski definition) is 1. The molecular formula is C16H19N3O. The molecule has 2 aromatic rings. The van der Waals surface area contributed by atoms with Gasteiger partial charge in [0.2, 0.25) is 0 Å². The van der Waals surface area contributed by atoms with Crippen LogP contribution < -0.4 is 5.73 Å². The number of allylic oxidation sites excluding steroid dienone is 1. The number of benzene rings is 1. The minimum atomic E-state index is 0.385. The fourth-order valence-corrected chi connectivity index (χ4v) is 2.08. The summed E-state index contributed by atoms with van der Waals surface area (Å²) >= 11 is 0. The van der Waals surface area contributed by atoms with Gasteiger partial charge in [0.05, 0.1) is 12.1 Å². The van der Waals surface area contributed by atoms with Crippen LogP contribution in [0.5, 0.6) is 0 Å². The number of aromatic nitrogens is 2. The van der Waals surface area contributed by atoms with Gasteiger partial charge < -0.3 is 5.73 Å². The molecular weight excluding hydrogens is 250 g/mol. The summed E-state index contributed by atoms with van der Waals surface area (Å²) in [4.78, 5) is 11.3. The summed E-state index contributed by atoms with van der Waals surface area (Å²) in [5.41, 5.74) is 11.3. The summed E-state index contributed by atoms with van der Waals surface area (Å²) < 4.78 is 1.62. The zero-order valence-corrected chi connectivity index (χ0v) is 12.1. The highest BCUT2D eigenvalue weighted by Gasteiger charge is 2.16. The Bertz CT molecular complexity index is 683. The first-order valence-electron chi connectivity index (χ1n) is 6.47. The average Bonchev–Trinajstić information content (AvgIpc) is 2.69. The molecule has 0 atom stereocenters. The van der Waals surface area contributed by atoms with Crippen LogP contribution in [0.15, 0.2) is 30.4 Å². The van der Waals surface area contributed by atoms with Crippen LogP contribution >= 0.6 is 0 Å². The number of nitrogens with two attached hydrogens (primary N) is 1. The summed E-state index contributed by atoms with van der Waals surface area (Å²) in [6.07, 6.45) is 0.766. The molecule has 4 nitrogen and oxygen atoms in total. The largest absolute Gasteiger partial charge is 0.383 e. The molecule has 20 heavy (non-hydrogen) atoms. The van der Waals surface area contributed by atoms with Gasteiger partial charge >= 0.3 is 0 Å². The van der Waals surface area contributed by atoms with Gasteiger partial charge in [-0.1, -0.05) is 24.3 Å². The van der Waals surface area contributed by atoms with Gasteiger partial charge in [0.1, 0.15) is 11.5 Å². The molecule has 1 aromatic heterocycles. The van der Waals surface area contributed by atoms with Crippen LogP contribution in [0.3, 0.4) is 0 Å². The minimum absolute atomic E-state index is 0.385. The second-order valence-corrected chi connectivity index (χ2v) is 5.18. The fourth-order valence-electron chi connectivity index (χ4n) is 2.08. The number of nitrogens with zero attached hydrogens (tertiary/aromatic N) is 2. The van der Waals surface area contributed by atoms with Crippen LogP contribution in [0.4, 0.5) is 5.82 Å². The standard InChI is InChI=1S/C16H19N3O/c1-10(2)8-19-16(17)14(9-20)15(18-19)13-6-5-11(3)12(4)7-13/h5-7,9H,1,8,17H2,2-4H3. The zero-order valence-electron chi connectivity index (χ0n) is 12.1. The third kappa shape index (κ3) is 2.50. The van der Waals surface area contributed by atoms with E-state index in [1.54, 1.807) is 4.68 Å². The van der Waals surface area contributed by atoms with Crippen molar-refractivity contribution in [2.24, 2.45) is 0 Å². The Labute approximate surface area is 118 Å². The lowest BCUT2D eigenvalue weighted by atomic mass is 10.0. The van der Waals surface area contributed by atoms with Crippen molar-refractivity contribution in [3.63, 3.8) is 0 Å². The molecule has 2 N–H and O–H groups in total. The van der Waals surface area contributed by atoms with E-state index in [-0.39, 0.29) is 0 Å². The second-order valence-electron chi connectivity index (χ2n) is 5.18. The van der Waals surface area contributed by atoms with Crippen molar-refractivity contribution in [1.82, 2.24) is 9.78 Å². The van der Waals surface area contributed by atoms with Crippen LogP contribution in [0.25, 0.3) is 11.3 Å². The van der Waals surface area contributed by atoms with Gasteiger partial charge in [-0.2, -0.15) is 5.10 Å². The summed E-state index contributed by atoms with van der Waals surface area (Å²) in [6.45, 7) is 10.3. The lowest BCUT2D eigenvalue weighted by Gasteiger charge is -2.03. The van der Waals surface area contributed by atoms with E-state index in [2.05, 4.69) is 11.7 Å². The molecule has 0 fully saturated rings. The van der Waals surface area contributed by atoms with Crippen LogP contribution in [0.2, 0.25) is 0 Å². The highest BCUT2D eigenvalue weighted by molar-refractivity contribution is 5.91. The molecule has 0 bridgehead atoms. The highest BCUT2D eigenvalue weighted by atomic mass is 16.1. The Morgan fingerprint density at radius 3 is 2.65 bits per heavy atom. The first-order valence-corrected chi connectivity index (χ1v) is 6.47. The normalized spacial score (nSPS) is 10.6. The van der Waals surface area contributed by atoms with Crippen molar-refractivity contribution >= 4 is 12.1 Å². The Hall–Kier alpha value is -2.36. The number of nitrogen functional groups attached to an aromatic ring is 1. The van der Waals surface area contributed by atoms with E-state index >= 15 is 0 Å². The second kappa shape index (κ2) is 5.33. The molecule has 0 aliphatic carbocycles. The van der Waals surface area contributed by atoms with Gasteiger partial charge in [0, 0.05) is 5.56 Å². The van der Waals surface area contributed by atoms with Gasteiger partial charge in [0.25, 0.3) is 0 Å². The maximum atomic E-state index is 11.3. The summed E-state index contributed by atoms with van der Waals surface area (Å²) in [5, 5.41) is 4.46. The summed E-state index contributed by atoms with van der Waals surface area (Å²) in [6, 6.07) is 6.00. The molecule has 4 heteroatoms. The molecule has 0 saturated heterocycles. The topological polar surface area (TPSA) is 60.9 Å². The maximum Gasteiger partial charge on any atom is 0.156 e. The Kier molecular flexibility index (Phi) is 3.74. The van der Waals surface area contributed by atoms with E-state index in [9.17, 15) is 4.79 Å². The Balaban J connectivity index is 2.58. The maximum absolute atomic E-state index is 11.3. The van der Waals surface area contributed by atoms with Crippen LogP contribution in [-0.2, 0) is 6.54 Å². The molecule has 0 radical (unpaired) electrons. The van der Waals surface area contributed by atoms with E-state index in [1.165, 1.54) is 5.56 Å². The Morgan fingerprint density at radius 2 is 2.10 bits per heavy atom. The molecule has 0 aliphatic heterocycles. The SMILES string of the molecule is C=C(C)Cn1nc(-c2ccc(C)c(C)c2)c(C=O)c1N. The van der Waals surface area contributed by atoms with E-state index in [4.69, 9.17) is 5.73 Å². The van der Waals surface area contributed by atoms with Gasteiger partial charge in [-0.25, -0.2) is 4.68 Å². The number of aldehydes is 1. The van der Waals surface area contributed by atoms with Crippen molar-refractivity contribution in [1.29, 1.82) is 0 Å². The average molecular weight is 269 g/mol. The Morgan fingerprint density at radius 1 is 1.40 bits per heavy atom. The first-order chi connectivity index (χ1) is 9.43. The zero-order chi connectivity index (χ0) is 14.9. The number of anilines is 1. The van der Waals surface area contributed by atoms with Crippen molar-refractivity contribution in [2.75, 3.05) is 5.73 Å². The van der Waals surface area contributed by atoms with E-state index < -0.39 is 0 Å². The molecule has 1 aromatic carbocycles. The van der Waals surface area contributed by atoms with Gasteiger partial charge in [-0.3, -0.25) is 4.79 Å². The van der Waals surface area contributed by atoms with E-state index in [1.807, 2.05) is 39.0 Å². The fraction of sp³-hybridized carbons (Fsp3) is 0.250. The third-order valence-electron chi connectivity index (χ3n) is 3.35. The summed E-state index contributed by atoms with van der Waals surface area (Å²) in [5.74, 6) is 0.385. The molecule has 0 spiro atoms. The number of rotatable bonds is 4. The van der Waals surface area contributed by atoms with Crippen LogP contribution in [-0.4, -0.2) is 16.1 Å². The minimum Gasteiger partial charge on any atom is -0.383 e. The van der Waals surface area contributed by atoms with Crippen molar-refractivity contribution in [3.8, 4) is 11.3 Å². The summed E-state index contributed by atoms with van der Waals surface area (Å²) in [7, 11) is 0. The predicted octanol–water partition coefficient (Wildman–Crippen LogP) is 3.14. The molecule has 0 unspecified atom stereocenters. The van der Waals surface area contributed by atoms with Crippen molar-refractivity contribution in [3.05, 3.63) is 47.0 Å². The molecule has 0 saturated carbocycles. The van der Waals surface area contributed by atoms with Gasteiger partial charge in [-0.05, 0) is 38.0 Å². The number of hydrogen-bond acceptors (Lipinski definition) is 3. The highest BCUT2D eigenvalue weighted by Crippen LogP contribution is 2.27. The first kappa shape index (κ1) is 14.1. The van der Waals surface area contributed by atoms with Crippen molar-refractivity contribution < 1.29 is 4.79 Å². The van der Waals surface area contributed by atoms with E-state index in [0.717, 1.165) is 23.0 Å². The number of carbonyl (C=O) groups excluding carboxylic acids is 1. The van der Waals surface area contributed by atoms with Gasteiger partial charge in [-0.15, -0.1) is 0 Å². The number of carbonyl (C=O) groups is 1. The molecule has 2 rings (SSSR count). The molecule has 104 valence electrons. The predicted molar refractivity (Wildman–Crippen MR) is 81.8 cm³/mol. The van der Waals surface area contributed by atoms with Crippen molar-refractivity contribution in [2.45, 2.75) is 27.3 Å². The van der Waals surface area contributed by atoms with E-state index in [0.29, 0.717) is 23.6 Å².